The standard InChI is InChI=1S/C13H17FN4/c1-10-12(14)6-4-7-13(10)18-9-11(16-17-18)5-2-3-8-15/h4,6-7,9H,2-3,5,8,15H2,1H3. The number of unbranched alkanes of at least 4 members (excludes halogenated alkanes) is 1. The molecule has 18 heavy (non-hydrogen) atoms. The number of aromatic nitrogens is 3. The number of hydrogen-bond acceptors (Lipinski definition) is 3. The second-order valence-corrected chi connectivity index (χ2v) is 4.28. The summed E-state index contributed by atoms with van der Waals surface area (Å²) in [6, 6.07) is 4.95. The maximum absolute atomic E-state index is 13.4. The Balaban J connectivity index is 2.16. The van der Waals surface area contributed by atoms with Gasteiger partial charge >= 0.3 is 0 Å². The normalized spacial score (nSPS) is 10.8. The molecule has 0 bridgehead atoms. The zero-order valence-corrected chi connectivity index (χ0v) is 10.4. The van der Waals surface area contributed by atoms with Crippen molar-refractivity contribution in [3.8, 4) is 5.69 Å². The van der Waals surface area contributed by atoms with E-state index in [0.29, 0.717) is 12.1 Å². The van der Waals surface area contributed by atoms with Crippen molar-refractivity contribution >= 4 is 0 Å². The Labute approximate surface area is 106 Å². The summed E-state index contributed by atoms with van der Waals surface area (Å²) >= 11 is 0. The van der Waals surface area contributed by atoms with Crippen LogP contribution in [0.5, 0.6) is 0 Å². The molecular weight excluding hydrogens is 231 g/mol. The van der Waals surface area contributed by atoms with E-state index in [-0.39, 0.29) is 5.82 Å². The number of nitrogens with zero attached hydrogens (tertiary/aromatic N) is 3. The van der Waals surface area contributed by atoms with E-state index >= 15 is 0 Å². The van der Waals surface area contributed by atoms with Gasteiger partial charge in [-0.2, -0.15) is 0 Å². The van der Waals surface area contributed by atoms with Crippen LogP contribution >= 0.6 is 0 Å². The Kier molecular flexibility index (Phi) is 4.04. The summed E-state index contributed by atoms with van der Waals surface area (Å²) in [5.74, 6) is -0.229. The van der Waals surface area contributed by atoms with Gasteiger partial charge in [0.1, 0.15) is 5.82 Å². The minimum absolute atomic E-state index is 0.229. The third-order valence-corrected chi connectivity index (χ3v) is 2.91. The van der Waals surface area contributed by atoms with E-state index in [1.165, 1.54) is 6.07 Å². The molecule has 0 aliphatic carbocycles. The Morgan fingerprint density at radius 1 is 1.33 bits per heavy atom. The second kappa shape index (κ2) is 5.73. The maximum atomic E-state index is 13.4. The lowest BCUT2D eigenvalue weighted by Crippen LogP contribution is -1.99. The molecule has 0 radical (unpaired) electrons. The largest absolute Gasteiger partial charge is 0.330 e. The molecule has 0 amide bonds. The van der Waals surface area contributed by atoms with Crippen molar-refractivity contribution in [2.24, 2.45) is 5.73 Å². The summed E-state index contributed by atoms with van der Waals surface area (Å²) in [6.45, 7) is 2.43. The average Bonchev–Trinajstić information content (AvgIpc) is 2.82. The van der Waals surface area contributed by atoms with Crippen molar-refractivity contribution in [3.05, 3.63) is 41.5 Å². The predicted molar refractivity (Wildman–Crippen MR) is 68.0 cm³/mol. The Morgan fingerprint density at radius 2 is 2.17 bits per heavy atom. The Morgan fingerprint density at radius 3 is 2.94 bits per heavy atom. The van der Waals surface area contributed by atoms with Crippen LogP contribution < -0.4 is 5.73 Å². The molecule has 0 atom stereocenters. The van der Waals surface area contributed by atoms with E-state index in [1.54, 1.807) is 17.7 Å². The van der Waals surface area contributed by atoms with Crippen LogP contribution in [-0.4, -0.2) is 21.5 Å². The van der Waals surface area contributed by atoms with Gasteiger partial charge in [0, 0.05) is 5.56 Å². The van der Waals surface area contributed by atoms with E-state index in [4.69, 9.17) is 5.73 Å². The van der Waals surface area contributed by atoms with Crippen molar-refractivity contribution < 1.29 is 4.39 Å². The first-order chi connectivity index (χ1) is 8.72. The van der Waals surface area contributed by atoms with E-state index in [2.05, 4.69) is 10.3 Å². The van der Waals surface area contributed by atoms with Gasteiger partial charge in [-0.15, -0.1) is 5.10 Å². The third-order valence-electron chi connectivity index (χ3n) is 2.91. The molecule has 0 aliphatic heterocycles. The van der Waals surface area contributed by atoms with Crippen LogP contribution in [0.1, 0.15) is 24.1 Å². The van der Waals surface area contributed by atoms with E-state index in [0.717, 1.165) is 30.6 Å². The highest BCUT2D eigenvalue weighted by Crippen LogP contribution is 2.16. The van der Waals surface area contributed by atoms with Crippen LogP contribution in [0.2, 0.25) is 0 Å². The molecule has 0 saturated carbocycles. The monoisotopic (exact) mass is 248 g/mol. The van der Waals surface area contributed by atoms with Gasteiger partial charge in [0.05, 0.1) is 17.6 Å². The van der Waals surface area contributed by atoms with Gasteiger partial charge in [-0.1, -0.05) is 11.3 Å². The fraction of sp³-hybridized carbons (Fsp3) is 0.385. The van der Waals surface area contributed by atoms with Crippen molar-refractivity contribution in [2.45, 2.75) is 26.2 Å². The molecular formula is C13H17FN4. The van der Waals surface area contributed by atoms with Gasteiger partial charge in [-0.25, -0.2) is 9.07 Å². The first-order valence-corrected chi connectivity index (χ1v) is 6.09. The average molecular weight is 248 g/mol. The quantitative estimate of drug-likeness (QED) is 0.823. The lowest BCUT2D eigenvalue weighted by Gasteiger charge is -2.04. The lowest BCUT2D eigenvalue weighted by atomic mass is 10.2. The summed E-state index contributed by atoms with van der Waals surface area (Å²) in [6.07, 6.45) is 4.67. The van der Waals surface area contributed by atoms with Crippen LogP contribution in [0.25, 0.3) is 5.69 Å². The molecule has 2 rings (SSSR count). The number of benzene rings is 1. The van der Waals surface area contributed by atoms with Crippen LogP contribution in [0.4, 0.5) is 4.39 Å². The van der Waals surface area contributed by atoms with Gasteiger partial charge in [-0.05, 0) is 44.9 Å². The van der Waals surface area contributed by atoms with Crippen LogP contribution in [0.15, 0.2) is 24.4 Å². The first kappa shape index (κ1) is 12.7. The Hall–Kier alpha value is -1.75. The van der Waals surface area contributed by atoms with Crippen LogP contribution in [0.3, 0.4) is 0 Å². The number of hydrogen-bond donors (Lipinski definition) is 1. The fourth-order valence-corrected chi connectivity index (χ4v) is 1.83. The summed E-state index contributed by atoms with van der Waals surface area (Å²) in [5.41, 5.74) is 7.66. The van der Waals surface area contributed by atoms with Gasteiger partial charge in [0.25, 0.3) is 0 Å². The highest BCUT2D eigenvalue weighted by Gasteiger charge is 2.07. The second-order valence-electron chi connectivity index (χ2n) is 4.28. The summed E-state index contributed by atoms with van der Waals surface area (Å²) in [5, 5.41) is 8.12. The number of nitrogens with two attached hydrogens (primary N) is 1. The molecule has 1 aromatic carbocycles. The molecule has 5 heteroatoms. The van der Waals surface area contributed by atoms with E-state index in [1.807, 2.05) is 12.3 Å². The SMILES string of the molecule is Cc1c(F)cccc1-n1cc(CCCCN)nn1. The molecule has 1 heterocycles. The van der Waals surface area contributed by atoms with Crippen LogP contribution in [0, 0.1) is 12.7 Å². The molecule has 2 N–H and O–H groups in total. The summed E-state index contributed by atoms with van der Waals surface area (Å²) in [7, 11) is 0. The molecule has 0 spiro atoms. The minimum atomic E-state index is -0.229. The summed E-state index contributed by atoms with van der Waals surface area (Å²) in [4.78, 5) is 0. The molecule has 1 aromatic heterocycles. The van der Waals surface area contributed by atoms with Gasteiger partial charge in [0.2, 0.25) is 0 Å². The van der Waals surface area contributed by atoms with E-state index < -0.39 is 0 Å². The first-order valence-electron chi connectivity index (χ1n) is 6.09. The van der Waals surface area contributed by atoms with E-state index in [9.17, 15) is 4.39 Å². The van der Waals surface area contributed by atoms with Crippen molar-refractivity contribution in [1.82, 2.24) is 15.0 Å². The number of aryl methyl sites for hydroxylation is 1. The highest BCUT2D eigenvalue weighted by molar-refractivity contribution is 5.40. The third kappa shape index (κ3) is 2.73. The van der Waals surface area contributed by atoms with Crippen molar-refractivity contribution in [2.75, 3.05) is 6.54 Å². The molecule has 0 aliphatic rings. The zero-order valence-electron chi connectivity index (χ0n) is 10.4. The molecule has 96 valence electrons. The van der Waals surface area contributed by atoms with Crippen LogP contribution in [-0.2, 0) is 6.42 Å². The van der Waals surface area contributed by atoms with Crippen molar-refractivity contribution in [3.63, 3.8) is 0 Å². The zero-order chi connectivity index (χ0) is 13.0. The topological polar surface area (TPSA) is 56.7 Å². The molecule has 0 saturated heterocycles. The number of halogens is 1. The molecule has 2 aromatic rings. The number of rotatable bonds is 5. The van der Waals surface area contributed by atoms with Gasteiger partial charge in [-0.3, -0.25) is 0 Å². The van der Waals surface area contributed by atoms with Gasteiger partial charge in [0.15, 0.2) is 0 Å². The van der Waals surface area contributed by atoms with Gasteiger partial charge < -0.3 is 5.73 Å². The Bertz CT molecular complexity index is 521. The smallest absolute Gasteiger partial charge is 0.128 e. The fourth-order valence-electron chi connectivity index (χ4n) is 1.83. The highest BCUT2D eigenvalue weighted by atomic mass is 19.1. The maximum Gasteiger partial charge on any atom is 0.128 e. The predicted octanol–water partition coefficient (Wildman–Crippen LogP) is 2.00. The lowest BCUT2D eigenvalue weighted by molar-refractivity contribution is 0.614. The molecule has 0 unspecified atom stereocenters. The van der Waals surface area contributed by atoms with Crippen molar-refractivity contribution in [1.29, 1.82) is 0 Å². The summed E-state index contributed by atoms with van der Waals surface area (Å²) < 4.78 is 15.1. The molecule has 0 fully saturated rings. The molecule has 4 nitrogen and oxygen atoms in total. The minimum Gasteiger partial charge on any atom is -0.330 e.